The van der Waals surface area contributed by atoms with Gasteiger partial charge in [0.15, 0.2) is 11.4 Å². The zero-order chi connectivity index (χ0) is 19.4. The number of Topliss-reactive ketones (excluding diaryl/α,β-unsaturated/α-hetero) is 1. The maximum atomic E-state index is 12.3. The normalized spacial score (nSPS) is 10.9. The number of oxazole rings is 1. The third kappa shape index (κ3) is 4.34. The van der Waals surface area contributed by atoms with Crippen LogP contribution in [0, 0.1) is 0 Å². The van der Waals surface area contributed by atoms with Crippen LogP contribution in [0.15, 0.2) is 51.7 Å². The third-order valence-electron chi connectivity index (χ3n) is 4.43. The van der Waals surface area contributed by atoms with Gasteiger partial charge in [0.1, 0.15) is 6.54 Å². The number of rotatable bonds is 7. The number of unbranched alkanes of at least 4 members (excludes halogenated alkanes) is 1. The molecule has 0 aliphatic carbocycles. The first-order valence-corrected chi connectivity index (χ1v) is 9.01. The Labute approximate surface area is 156 Å². The SMILES string of the molecule is CCCCc1ccc(NC(=O)Cn2c(=O)oc3cc(C(C)=O)ccc32)cc1. The molecule has 0 aliphatic heterocycles. The molecule has 1 N–H and O–H groups in total. The van der Waals surface area contributed by atoms with Crippen molar-refractivity contribution in [2.75, 3.05) is 5.32 Å². The number of carbonyl (C=O) groups excluding carboxylic acids is 2. The Balaban J connectivity index is 1.73. The van der Waals surface area contributed by atoms with E-state index in [-0.39, 0.29) is 18.2 Å². The first kappa shape index (κ1) is 18.6. The molecule has 0 fully saturated rings. The Morgan fingerprint density at radius 3 is 2.52 bits per heavy atom. The number of fused-ring (bicyclic) bond motifs is 1. The van der Waals surface area contributed by atoms with E-state index in [4.69, 9.17) is 4.42 Å². The Hall–Kier alpha value is -3.15. The van der Waals surface area contributed by atoms with Crippen molar-refractivity contribution in [2.24, 2.45) is 0 Å². The van der Waals surface area contributed by atoms with Gasteiger partial charge >= 0.3 is 5.76 Å². The largest absolute Gasteiger partial charge is 0.420 e. The lowest BCUT2D eigenvalue weighted by molar-refractivity contribution is -0.116. The van der Waals surface area contributed by atoms with E-state index >= 15 is 0 Å². The van der Waals surface area contributed by atoms with Gasteiger partial charge in [0, 0.05) is 11.3 Å². The molecular weight excluding hydrogens is 344 g/mol. The topological polar surface area (TPSA) is 81.3 Å². The molecule has 3 rings (SSSR count). The molecule has 6 heteroatoms. The van der Waals surface area contributed by atoms with Gasteiger partial charge in [-0.1, -0.05) is 25.5 Å². The molecule has 1 aromatic heterocycles. The summed E-state index contributed by atoms with van der Waals surface area (Å²) in [6, 6.07) is 12.5. The Kier molecular flexibility index (Phi) is 5.54. The van der Waals surface area contributed by atoms with Crippen LogP contribution < -0.4 is 11.1 Å². The van der Waals surface area contributed by atoms with Crippen molar-refractivity contribution in [1.82, 2.24) is 4.57 Å². The molecule has 6 nitrogen and oxygen atoms in total. The molecule has 0 saturated heterocycles. The molecule has 0 bridgehead atoms. The Morgan fingerprint density at radius 2 is 1.85 bits per heavy atom. The number of aromatic nitrogens is 1. The van der Waals surface area contributed by atoms with E-state index in [1.807, 2.05) is 24.3 Å². The van der Waals surface area contributed by atoms with Gasteiger partial charge in [-0.05, 0) is 55.7 Å². The minimum Gasteiger partial charge on any atom is -0.408 e. The lowest BCUT2D eigenvalue weighted by Crippen LogP contribution is -2.24. The molecule has 0 aliphatic rings. The summed E-state index contributed by atoms with van der Waals surface area (Å²) in [5.74, 6) is -1.07. The second kappa shape index (κ2) is 8.03. The van der Waals surface area contributed by atoms with Gasteiger partial charge in [0.05, 0.1) is 5.52 Å². The van der Waals surface area contributed by atoms with Crippen molar-refractivity contribution in [3.63, 3.8) is 0 Å². The van der Waals surface area contributed by atoms with E-state index < -0.39 is 5.76 Å². The predicted octanol–water partition coefficient (Wildman–Crippen LogP) is 3.78. The quantitative estimate of drug-likeness (QED) is 0.645. The lowest BCUT2D eigenvalue weighted by atomic mass is 10.1. The summed E-state index contributed by atoms with van der Waals surface area (Å²) in [5.41, 5.74) is 3.14. The van der Waals surface area contributed by atoms with Gasteiger partial charge in [-0.25, -0.2) is 4.79 Å². The molecular formula is C21H22N2O4. The van der Waals surface area contributed by atoms with Crippen LogP contribution >= 0.6 is 0 Å². The predicted molar refractivity (Wildman–Crippen MR) is 104 cm³/mol. The average Bonchev–Trinajstić information content (AvgIpc) is 2.95. The number of carbonyl (C=O) groups is 2. The molecule has 2 aromatic carbocycles. The summed E-state index contributed by atoms with van der Waals surface area (Å²) in [4.78, 5) is 35.9. The average molecular weight is 366 g/mol. The monoisotopic (exact) mass is 366 g/mol. The van der Waals surface area contributed by atoms with Crippen LogP contribution in [-0.2, 0) is 17.8 Å². The summed E-state index contributed by atoms with van der Waals surface area (Å²) >= 11 is 0. The highest BCUT2D eigenvalue weighted by Crippen LogP contribution is 2.16. The number of nitrogens with one attached hydrogen (secondary N) is 1. The van der Waals surface area contributed by atoms with E-state index in [0.29, 0.717) is 22.4 Å². The van der Waals surface area contributed by atoms with Crippen LogP contribution in [0.2, 0.25) is 0 Å². The Morgan fingerprint density at radius 1 is 1.11 bits per heavy atom. The highest BCUT2D eigenvalue weighted by molar-refractivity contribution is 5.97. The van der Waals surface area contributed by atoms with Crippen LogP contribution in [0.3, 0.4) is 0 Å². The van der Waals surface area contributed by atoms with Gasteiger partial charge < -0.3 is 9.73 Å². The molecule has 0 saturated carbocycles. The third-order valence-corrected chi connectivity index (χ3v) is 4.43. The molecule has 0 spiro atoms. The van der Waals surface area contributed by atoms with Crippen LogP contribution in [-0.4, -0.2) is 16.3 Å². The first-order valence-electron chi connectivity index (χ1n) is 9.01. The van der Waals surface area contributed by atoms with Crippen LogP contribution in [0.4, 0.5) is 5.69 Å². The van der Waals surface area contributed by atoms with Gasteiger partial charge in [-0.3, -0.25) is 14.2 Å². The van der Waals surface area contributed by atoms with Crippen LogP contribution in [0.1, 0.15) is 42.6 Å². The van der Waals surface area contributed by atoms with Crippen molar-refractivity contribution < 1.29 is 14.0 Å². The number of hydrogen-bond donors (Lipinski definition) is 1. The van der Waals surface area contributed by atoms with Gasteiger partial charge in [-0.15, -0.1) is 0 Å². The molecule has 140 valence electrons. The molecule has 0 atom stereocenters. The summed E-state index contributed by atoms with van der Waals surface area (Å²) in [7, 11) is 0. The molecule has 0 unspecified atom stereocenters. The fourth-order valence-corrected chi connectivity index (χ4v) is 2.91. The highest BCUT2D eigenvalue weighted by Gasteiger charge is 2.14. The maximum Gasteiger partial charge on any atom is 0.420 e. The first-order chi connectivity index (χ1) is 13.0. The molecule has 0 radical (unpaired) electrons. The standard InChI is InChI=1S/C21H22N2O4/c1-3-4-5-15-6-9-17(10-7-15)22-20(25)13-23-18-11-8-16(14(2)24)12-19(18)27-21(23)26/h6-12H,3-5,13H2,1-2H3,(H,22,25). The van der Waals surface area contributed by atoms with E-state index in [9.17, 15) is 14.4 Å². The highest BCUT2D eigenvalue weighted by atomic mass is 16.4. The number of hydrogen-bond acceptors (Lipinski definition) is 4. The lowest BCUT2D eigenvalue weighted by Gasteiger charge is -2.07. The fourth-order valence-electron chi connectivity index (χ4n) is 2.91. The molecule has 27 heavy (non-hydrogen) atoms. The minimum absolute atomic E-state index is 0.118. The number of ketones is 1. The second-order valence-corrected chi connectivity index (χ2v) is 6.54. The number of amides is 1. The summed E-state index contributed by atoms with van der Waals surface area (Å²) in [5, 5.41) is 2.79. The van der Waals surface area contributed by atoms with Crippen LogP contribution in [0.5, 0.6) is 0 Å². The van der Waals surface area contributed by atoms with E-state index in [1.165, 1.54) is 23.1 Å². The minimum atomic E-state index is -0.629. The van der Waals surface area contributed by atoms with Gasteiger partial charge in [0.25, 0.3) is 0 Å². The summed E-state index contributed by atoms with van der Waals surface area (Å²) in [6.07, 6.45) is 3.29. The van der Waals surface area contributed by atoms with Crippen LogP contribution in [0.25, 0.3) is 11.1 Å². The number of anilines is 1. The van der Waals surface area contributed by atoms with Crippen molar-refractivity contribution in [2.45, 2.75) is 39.7 Å². The number of aryl methyl sites for hydroxylation is 1. The smallest absolute Gasteiger partial charge is 0.408 e. The van der Waals surface area contributed by atoms with Crippen molar-refractivity contribution >= 4 is 28.5 Å². The van der Waals surface area contributed by atoms with Crippen molar-refractivity contribution in [3.05, 3.63) is 64.1 Å². The van der Waals surface area contributed by atoms with Crippen molar-refractivity contribution in [3.8, 4) is 0 Å². The summed E-state index contributed by atoms with van der Waals surface area (Å²) < 4.78 is 6.42. The fraction of sp³-hybridized carbons (Fsp3) is 0.286. The van der Waals surface area contributed by atoms with Crippen molar-refractivity contribution in [1.29, 1.82) is 0 Å². The Bertz CT molecular complexity index is 1030. The molecule has 1 heterocycles. The number of nitrogens with zero attached hydrogens (tertiary/aromatic N) is 1. The van der Waals surface area contributed by atoms with Gasteiger partial charge in [-0.2, -0.15) is 0 Å². The van der Waals surface area contributed by atoms with E-state index in [1.54, 1.807) is 12.1 Å². The zero-order valence-corrected chi connectivity index (χ0v) is 15.5. The molecule has 3 aromatic rings. The summed E-state index contributed by atoms with van der Waals surface area (Å²) in [6.45, 7) is 3.43. The van der Waals surface area contributed by atoms with Gasteiger partial charge in [0.2, 0.25) is 5.91 Å². The second-order valence-electron chi connectivity index (χ2n) is 6.54. The van der Waals surface area contributed by atoms with E-state index in [0.717, 1.165) is 19.3 Å². The van der Waals surface area contributed by atoms with E-state index in [2.05, 4.69) is 12.2 Å². The molecule has 1 amide bonds. The zero-order valence-electron chi connectivity index (χ0n) is 15.5. The number of benzene rings is 2. The maximum absolute atomic E-state index is 12.3.